The lowest BCUT2D eigenvalue weighted by atomic mass is 9.86. The van der Waals surface area contributed by atoms with Crippen LogP contribution in [0.2, 0.25) is 0 Å². The van der Waals surface area contributed by atoms with Crippen molar-refractivity contribution in [2.45, 2.75) is 51.7 Å². The van der Waals surface area contributed by atoms with Crippen LogP contribution in [-0.4, -0.2) is 31.1 Å². The number of benzene rings is 1. The van der Waals surface area contributed by atoms with Gasteiger partial charge in [-0.2, -0.15) is 5.26 Å². The van der Waals surface area contributed by atoms with Crippen LogP contribution in [0.25, 0.3) is 6.08 Å². The van der Waals surface area contributed by atoms with Crippen LogP contribution in [0.1, 0.15) is 45.1 Å². The van der Waals surface area contributed by atoms with E-state index in [0.717, 1.165) is 19.3 Å². The Morgan fingerprint density at radius 1 is 1.26 bits per heavy atom. The summed E-state index contributed by atoms with van der Waals surface area (Å²) in [6.07, 6.45) is 4.76. The number of carbonyl (C=O) groups excluding carboxylic acids is 2. The number of esters is 1. The average Bonchev–Trinajstić information content (AvgIpc) is 2.68. The van der Waals surface area contributed by atoms with Crippen LogP contribution >= 0.6 is 0 Å². The smallest absolute Gasteiger partial charge is 0.349 e. The molecular weight excluding hydrogens is 344 g/mol. The first kappa shape index (κ1) is 20.5. The number of ether oxygens (including phenoxy) is 2. The molecule has 1 aliphatic rings. The Bertz CT molecular complexity index is 734. The molecule has 0 heterocycles. The zero-order valence-corrected chi connectivity index (χ0v) is 16.0. The highest BCUT2D eigenvalue weighted by Crippen LogP contribution is 2.24. The van der Waals surface area contributed by atoms with Gasteiger partial charge in [0.25, 0.3) is 5.91 Å². The van der Waals surface area contributed by atoms with Gasteiger partial charge in [0.1, 0.15) is 17.4 Å². The third-order valence-corrected chi connectivity index (χ3v) is 4.86. The van der Waals surface area contributed by atoms with Crippen molar-refractivity contribution in [2.24, 2.45) is 5.92 Å². The van der Waals surface area contributed by atoms with E-state index in [0.29, 0.717) is 17.2 Å². The number of nitrogens with one attached hydrogen (secondary N) is 1. The summed E-state index contributed by atoms with van der Waals surface area (Å²) < 4.78 is 10.3. The normalized spacial score (nSPS) is 20.9. The molecule has 1 aliphatic carbocycles. The zero-order chi connectivity index (χ0) is 19.8. The van der Waals surface area contributed by atoms with Crippen LogP contribution in [0.3, 0.4) is 0 Å². The first-order valence-corrected chi connectivity index (χ1v) is 9.21. The van der Waals surface area contributed by atoms with Crippen molar-refractivity contribution in [1.29, 1.82) is 5.26 Å². The summed E-state index contributed by atoms with van der Waals surface area (Å²) in [6.45, 7) is 3.63. The monoisotopic (exact) mass is 370 g/mol. The van der Waals surface area contributed by atoms with Crippen LogP contribution in [0, 0.1) is 17.2 Å². The molecule has 27 heavy (non-hydrogen) atoms. The molecule has 1 aromatic rings. The number of nitriles is 1. The SMILES string of the molecule is COc1ccc(/C=C(\C#N)C(=O)O[C@H](C)C(=O)N[C@H]2CCCC[C@@H]2C)cc1. The minimum Gasteiger partial charge on any atom is -0.497 e. The Hall–Kier alpha value is -2.81. The fourth-order valence-corrected chi connectivity index (χ4v) is 3.11. The molecule has 6 heteroatoms. The molecular formula is C21H26N2O4. The standard InChI is InChI=1S/C21H26N2O4/c1-14-6-4-5-7-19(14)23-20(24)15(2)27-21(25)17(13-22)12-16-8-10-18(26-3)11-9-16/h8-12,14-15,19H,4-7H2,1-3H3,(H,23,24)/b17-12+/t14-,15+,19-/m0/s1. The van der Waals surface area contributed by atoms with E-state index in [2.05, 4.69) is 12.2 Å². The maximum Gasteiger partial charge on any atom is 0.349 e. The molecule has 0 aromatic heterocycles. The van der Waals surface area contributed by atoms with Gasteiger partial charge in [0.05, 0.1) is 7.11 Å². The summed E-state index contributed by atoms with van der Waals surface area (Å²) in [7, 11) is 1.56. The molecule has 1 N–H and O–H groups in total. The topological polar surface area (TPSA) is 88.4 Å². The summed E-state index contributed by atoms with van der Waals surface area (Å²) in [6, 6.07) is 8.86. The van der Waals surface area contributed by atoms with Gasteiger partial charge in [-0.25, -0.2) is 4.79 Å². The van der Waals surface area contributed by atoms with Gasteiger partial charge in [0.2, 0.25) is 0 Å². The Morgan fingerprint density at radius 2 is 1.93 bits per heavy atom. The van der Waals surface area contributed by atoms with E-state index in [1.165, 1.54) is 19.4 Å². The maximum absolute atomic E-state index is 12.3. The Balaban J connectivity index is 1.97. The van der Waals surface area contributed by atoms with Crippen molar-refractivity contribution in [2.75, 3.05) is 7.11 Å². The molecule has 3 atom stereocenters. The van der Waals surface area contributed by atoms with E-state index >= 15 is 0 Å². The second-order valence-electron chi connectivity index (χ2n) is 6.87. The van der Waals surface area contributed by atoms with E-state index < -0.39 is 12.1 Å². The van der Waals surface area contributed by atoms with E-state index in [4.69, 9.17) is 9.47 Å². The lowest BCUT2D eigenvalue weighted by Crippen LogP contribution is -2.46. The number of nitrogens with zero attached hydrogens (tertiary/aromatic N) is 1. The fraction of sp³-hybridized carbons (Fsp3) is 0.476. The molecule has 0 bridgehead atoms. The largest absolute Gasteiger partial charge is 0.497 e. The predicted molar refractivity (Wildman–Crippen MR) is 102 cm³/mol. The Morgan fingerprint density at radius 3 is 2.52 bits per heavy atom. The fourth-order valence-electron chi connectivity index (χ4n) is 3.11. The number of hydrogen-bond donors (Lipinski definition) is 1. The lowest BCUT2D eigenvalue weighted by molar-refractivity contribution is -0.151. The van der Waals surface area contributed by atoms with Crippen molar-refractivity contribution < 1.29 is 19.1 Å². The maximum atomic E-state index is 12.3. The van der Waals surface area contributed by atoms with Gasteiger partial charge in [-0.3, -0.25) is 4.79 Å². The second kappa shape index (κ2) is 9.77. The van der Waals surface area contributed by atoms with Crippen LogP contribution in [0.15, 0.2) is 29.8 Å². The molecule has 1 amide bonds. The third-order valence-electron chi connectivity index (χ3n) is 4.86. The van der Waals surface area contributed by atoms with E-state index in [1.54, 1.807) is 31.4 Å². The molecule has 0 radical (unpaired) electrons. The average molecular weight is 370 g/mol. The van der Waals surface area contributed by atoms with Crippen molar-refractivity contribution >= 4 is 18.0 Å². The minimum absolute atomic E-state index is 0.109. The summed E-state index contributed by atoms with van der Waals surface area (Å²) in [5.74, 6) is -0.0535. The van der Waals surface area contributed by atoms with Crippen LogP contribution < -0.4 is 10.1 Å². The molecule has 0 spiro atoms. The minimum atomic E-state index is -0.959. The van der Waals surface area contributed by atoms with Crippen molar-refractivity contribution in [3.05, 3.63) is 35.4 Å². The third kappa shape index (κ3) is 5.85. The van der Waals surface area contributed by atoms with Gasteiger partial charge in [-0.05, 0) is 49.5 Å². The molecule has 2 rings (SSSR count). The van der Waals surface area contributed by atoms with Gasteiger partial charge in [0.15, 0.2) is 6.10 Å². The highest BCUT2D eigenvalue weighted by molar-refractivity contribution is 5.99. The predicted octanol–water partition coefficient (Wildman–Crippen LogP) is 3.23. The number of amides is 1. The molecule has 0 unspecified atom stereocenters. The van der Waals surface area contributed by atoms with E-state index in [9.17, 15) is 14.9 Å². The summed E-state index contributed by atoms with van der Waals surface area (Å²) in [5.41, 5.74) is 0.503. The van der Waals surface area contributed by atoms with Gasteiger partial charge < -0.3 is 14.8 Å². The zero-order valence-electron chi connectivity index (χ0n) is 16.0. The molecule has 0 aliphatic heterocycles. The first-order valence-electron chi connectivity index (χ1n) is 9.21. The number of rotatable bonds is 6. The van der Waals surface area contributed by atoms with Gasteiger partial charge in [-0.15, -0.1) is 0 Å². The molecule has 1 aromatic carbocycles. The molecule has 1 fully saturated rings. The van der Waals surface area contributed by atoms with Crippen LogP contribution in [0.4, 0.5) is 0 Å². The summed E-state index contributed by atoms with van der Waals surface area (Å²) >= 11 is 0. The summed E-state index contributed by atoms with van der Waals surface area (Å²) in [4.78, 5) is 24.6. The van der Waals surface area contributed by atoms with Crippen LogP contribution in [0.5, 0.6) is 5.75 Å². The van der Waals surface area contributed by atoms with Gasteiger partial charge in [0, 0.05) is 6.04 Å². The highest BCUT2D eigenvalue weighted by atomic mass is 16.5. The van der Waals surface area contributed by atoms with E-state index in [-0.39, 0.29) is 17.5 Å². The number of hydrogen-bond acceptors (Lipinski definition) is 5. The van der Waals surface area contributed by atoms with Crippen LogP contribution in [-0.2, 0) is 14.3 Å². The second-order valence-corrected chi connectivity index (χ2v) is 6.87. The molecule has 144 valence electrons. The molecule has 6 nitrogen and oxygen atoms in total. The van der Waals surface area contributed by atoms with Crippen molar-refractivity contribution in [3.8, 4) is 11.8 Å². The Kier molecular flexibility index (Phi) is 7.42. The molecule has 0 saturated heterocycles. The quantitative estimate of drug-likeness (QED) is 0.472. The summed E-state index contributed by atoms with van der Waals surface area (Å²) in [5, 5.41) is 12.2. The number of methoxy groups -OCH3 is 1. The molecule has 1 saturated carbocycles. The Labute approximate surface area is 160 Å². The van der Waals surface area contributed by atoms with Crippen molar-refractivity contribution in [1.82, 2.24) is 5.32 Å². The first-order chi connectivity index (χ1) is 12.9. The highest BCUT2D eigenvalue weighted by Gasteiger charge is 2.27. The van der Waals surface area contributed by atoms with Gasteiger partial charge >= 0.3 is 5.97 Å². The lowest BCUT2D eigenvalue weighted by Gasteiger charge is -2.30. The van der Waals surface area contributed by atoms with E-state index in [1.807, 2.05) is 6.07 Å². The van der Waals surface area contributed by atoms with Crippen molar-refractivity contribution in [3.63, 3.8) is 0 Å². The number of carbonyl (C=O) groups is 2. The van der Waals surface area contributed by atoms with Gasteiger partial charge in [-0.1, -0.05) is 31.9 Å².